The molecule has 0 bridgehead atoms. The van der Waals surface area contributed by atoms with E-state index in [2.05, 4.69) is 5.32 Å². The number of hydrogen-bond donors (Lipinski definition) is 1. The summed E-state index contributed by atoms with van der Waals surface area (Å²) >= 11 is 0. The average molecular weight is 566 g/mol. The highest BCUT2D eigenvalue weighted by Gasteiger charge is 2.44. The number of piperidine rings is 1. The van der Waals surface area contributed by atoms with Crippen LogP contribution in [0.4, 0.5) is 13.2 Å². The molecule has 2 heterocycles. The van der Waals surface area contributed by atoms with E-state index >= 15 is 0 Å². The molecular weight excluding hydrogens is 535 g/mol. The summed E-state index contributed by atoms with van der Waals surface area (Å²) in [6.45, 7) is 2.38. The zero-order valence-corrected chi connectivity index (χ0v) is 22.5. The fraction of sp³-hybridized carbons (Fsp3) is 0.323. The Balaban J connectivity index is 1.34. The number of para-hydroxylation sites is 2. The Morgan fingerprint density at radius 2 is 1.66 bits per heavy atom. The Kier molecular flexibility index (Phi) is 8.28. The van der Waals surface area contributed by atoms with Crippen molar-refractivity contribution in [2.45, 2.75) is 38.3 Å². The molecule has 0 unspecified atom stereocenters. The number of likely N-dealkylation sites (tertiary alicyclic amines) is 2. The monoisotopic (exact) mass is 565 g/mol. The number of hydrogen-bond acceptors (Lipinski definition) is 4. The van der Waals surface area contributed by atoms with Crippen molar-refractivity contribution in [3.05, 3.63) is 95.3 Å². The molecule has 7 nitrogen and oxygen atoms in total. The molecule has 0 aromatic heterocycles. The van der Waals surface area contributed by atoms with Crippen molar-refractivity contribution in [2.24, 2.45) is 5.92 Å². The molecule has 2 saturated heterocycles. The summed E-state index contributed by atoms with van der Waals surface area (Å²) in [4.78, 5) is 42.7. The molecule has 5 rings (SSSR count). The first-order valence-corrected chi connectivity index (χ1v) is 13.5. The maximum Gasteiger partial charge on any atom is 0.257 e. The third-order valence-electron chi connectivity index (χ3n) is 7.60. The van der Waals surface area contributed by atoms with E-state index in [1.807, 2.05) is 18.2 Å². The lowest BCUT2D eigenvalue weighted by atomic mass is 9.91. The molecule has 3 aromatic rings. The first-order chi connectivity index (χ1) is 19.7. The molecule has 10 heteroatoms. The normalized spacial score (nSPS) is 18.9. The quantitative estimate of drug-likeness (QED) is 0.421. The lowest BCUT2D eigenvalue weighted by Crippen LogP contribution is -2.50. The second kappa shape index (κ2) is 12.0. The van der Waals surface area contributed by atoms with Crippen molar-refractivity contribution in [1.29, 1.82) is 0 Å². The van der Waals surface area contributed by atoms with Crippen LogP contribution in [-0.2, 0) is 16.0 Å². The predicted molar refractivity (Wildman–Crippen MR) is 145 cm³/mol. The number of halogens is 3. The average Bonchev–Trinajstić information content (AvgIpc) is 3.40. The number of benzene rings is 3. The fourth-order valence-corrected chi connectivity index (χ4v) is 5.74. The zero-order valence-electron chi connectivity index (χ0n) is 22.5. The van der Waals surface area contributed by atoms with Crippen molar-refractivity contribution < 1.29 is 32.3 Å². The smallest absolute Gasteiger partial charge is 0.257 e. The molecule has 1 N–H and O–H groups in total. The van der Waals surface area contributed by atoms with E-state index in [4.69, 9.17) is 4.74 Å². The van der Waals surface area contributed by atoms with Gasteiger partial charge in [-0.3, -0.25) is 14.4 Å². The molecular formula is C31H30F3N3O4. The minimum Gasteiger partial charge on any atom is -0.457 e. The zero-order chi connectivity index (χ0) is 29.1. The van der Waals surface area contributed by atoms with Crippen LogP contribution in [0.5, 0.6) is 11.5 Å². The maximum absolute atomic E-state index is 13.8. The van der Waals surface area contributed by atoms with E-state index in [-0.39, 0.29) is 36.4 Å². The van der Waals surface area contributed by atoms with Crippen molar-refractivity contribution in [2.75, 3.05) is 19.6 Å². The molecule has 0 radical (unpaired) electrons. The van der Waals surface area contributed by atoms with Gasteiger partial charge in [0.05, 0.1) is 11.6 Å². The minimum absolute atomic E-state index is 0.0255. The standard InChI is InChI=1S/C31H30F3N3O4/c1-19(38)35-26(16-20-14-24(32)29(34)25(33)15-20)31(40)36-17-21-8-7-13-37(27(21)18-36)30(39)23-11-5-6-12-28(23)41-22-9-3-2-4-10-22/h2-6,9-12,14-15,21,26-27H,7-8,13,16-18H2,1H3,(H,35,38)/t21-,26-,27+/m1/s1. The van der Waals surface area contributed by atoms with Crippen molar-refractivity contribution in [1.82, 2.24) is 15.1 Å². The number of nitrogens with one attached hydrogen (secondary N) is 1. The number of ether oxygens (including phenoxy) is 1. The molecule has 2 aliphatic rings. The van der Waals surface area contributed by atoms with Gasteiger partial charge < -0.3 is 19.9 Å². The molecule has 2 fully saturated rings. The molecule has 214 valence electrons. The van der Waals surface area contributed by atoms with Gasteiger partial charge in [0.25, 0.3) is 5.91 Å². The second-order valence-electron chi connectivity index (χ2n) is 10.5. The van der Waals surface area contributed by atoms with Gasteiger partial charge in [-0.15, -0.1) is 0 Å². The van der Waals surface area contributed by atoms with Crippen LogP contribution in [0, 0.1) is 23.4 Å². The summed E-state index contributed by atoms with van der Waals surface area (Å²) in [7, 11) is 0. The largest absolute Gasteiger partial charge is 0.457 e. The van der Waals surface area contributed by atoms with Gasteiger partial charge in [0.2, 0.25) is 11.8 Å². The SMILES string of the molecule is CC(=O)N[C@H](Cc1cc(F)c(F)c(F)c1)C(=O)N1C[C@H]2CCCN(C(=O)c3ccccc3Oc3ccccc3)[C@H]2C1. The molecule has 2 aliphatic heterocycles. The summed E-state index contributed by atoms with van der Waals surface area (Å²) in [5, 5.41) is 2.56. The van der Waals surface area contributed by atoms with E-state index in [9.17, 15) is 27.6 Å². The van der Waals surface area contributed by atoms with E-state index in [0.717, 1.165) is 25.0 Å². The van der Waals surface area contributed by atoms with Crippen LogP contribution in [0.3, 0.4) is 0 Å². The van der Waals surface area contributed by atoms with Crippen LogP contribution in [0.1, 0.15) is 35.7 Å². The molecule has 0 aliphatic carbocycles. The van der Waals surface area contributed by atoms with Crippen LogP contribution >= 0.6 is 0 Å². The molecule has 3 atom stereocenters. The van der Waals surface area contributed by atoms with Crippen molar-refractivity contribution >= 4 is 17.7 Å². The highest BCUT2D eigenvalue weighted by Crippen LogP contribution is 2.34. The number of nitrogens with zero attached hydrogens (tertiary/aromatic N) is 2. The maximum atomic E-state index is 13.8. The van der Waals surface area contributed by atoms with Gasteiger partial charge in [0.15, 0.2) is 17.5 Å². The van der Waals surface area contributed by atoms with Crippen molar-refractivity contribution in [3.8, 4) is 11.5 Å². The Hall–Kier alpha value is -4.34. The topological polar surface area (TPSA) is 79.0 Å². The van der Waals surface area contributed by atoms with Crippen LogP contribution < -0.4 is 10.1 Å². The number of carbonyl (C=O) groups excluding carboxylic acids is 3. The van der Waals surface area contributed by atoms with Gasteiger partial charge in [0.1, 0.15) is 17.5 Å². The molecule has 41 heavy (non-hydrogen) atoms. The molecule has 3 aromatic carbocycles. The van der Waals surface area contributed by atoms with Gasteiger partial charge in [-0.1, -0.05) is 30.3 Å². The first-order valence-electron chi connectivity index (χ1n) is 13.5. The lowest BCUT2D eigenvalue weighted by Gasteiger charge is -2.37. The Bertz CT molecular complexity index is 1430. The Morgan fingerprint density at radius 3 is 2.37 bits per heavy atom. The van der Waals surface area contributed by atoms with Gasteiger partial charge in [-0.2, -0.15) is 0 Å². The number of amides is 3. The van der Waals surface area contributed by atoms with Gasteiger partial charge in [-0.25, -0.2) is 13.2 Å². The van der Waals surface area contributed by atoms with Gasteiger partial charge in [0, 0.05) is 33.0 Å². The summed E-state index contributed by atoms with van der Waals surface area (Å²) in [6.07, 6.45) is 1.37. The number of rotatable bonds is 7. The van der Waals surface area contributed by atoms with Gasteiger partial charge in [-0.05, 0) is 60.7 Å². The second-order valence-corrected chi connectivity index (χ2v) is 10.5. The number of carbonyl (C=O) groups is 3. The van der Waals surface area contributed by atoms with E-state index in [1.165, 1.54) is 6.92 Å². The lowest BCUT2D eigenvalue weighted by molar-refractivity contribution is -0.135. The fourth-order valence-electron chi connectivity index (χ4n) is 5.74. The Labute approximate surface area is 235 Å². The Morgan fingerprint density at radius 1 is 0.976 bits per heavy atom. The summed E-state index contributed by atoms with van der Waals surface area (Å²) < 4.78 is 47.1. The molecule has 3 amide bonds. The van der Waals surface area contributed by atoms with E-state index < -0.39 is 35.3 Å². The van der Waals surface area contributed by atoms with E-state index in [0.29, 0.717) is 30.2 Å². The predicted octanol–water partition coefficient (Wildman–Crippen LogP) is 4.71. The highest BCUT2D eigenvalue weighted by molar-refractivity contribution is 5.97. The van der Waals surface area contributed by atoms with Crippen LogP contribution in [0.25, 0.3) is 0 Å². The summed E-state index contributed by atoms with van der Waals surface area (Å²) in [6, 6.07) is 16.5. The molecule has 0 saturated carbocycles. The van der Waals surface area contributed by atoms with Crippen LogP contribution in [0.15, 0.2) is 66.7 Å². The number of fused-ring (bicyclic) bond motifs is 1. The van der Waals surface area contributed by atoms with Crippen LogP contribution in [0.2, 0.25) is 0 Å². The third-order valence-corrected chi connectivity index (χ3v) is 7.60. The van der Waals surface area contributed by atoms with Gasteiger partial charge >= 0.3 is 0 Å². The highest BCUT2D eigenvalue weighted by atomic mass is 19.2. The summed E-state index contributed by atoms with van der Waals surface area (Å²) in [5.74, 6) is -4.39. The van der Waals surface area contributed by atoms with Crippen molar-refractivity contribution in [3.63, 3.8) is 0 Å². The summed E-state index contributed by atoms with van der Waals surface area (Å²) in [5.41, 5.74) is 0.454. The molecule has 0 spiro atoms. The van der Waals surface area contributed by atoms with Crippen LogP contribution in [-0.4, -0.2) is 59.2 Å². The minimum atomic E-state index is -1.60. The van der Waals surface area contributed by atoms with E-state index in [1.54, 1.807) is 46.2 Å². The third kappa shape index (κ3) is 6.21. The first kappa shape index (κ1) is 28.2.